The normalized spacial score (nSPS) is 12.2. The number of fused-ring (bicyclic) bond motifs is 1. The molecule has 1 radical (unpaired) electrons. The maximum absolute atomic E-state index is 5.21. The Morgan fingerprint density at radius 2 is 2.25 bits per heavy atom. The van der Waals surface area contributed by atoms with Gasteiger partial charge >= 0.3 is 0 Å². The molecule has 0 atom stereocenters. The molecule has 2 nitrogen and oxygen atoms in total. The molecule has 0 saturated heterocycles. The van der Waals surface area contributed by atoms with E-state index in [9.17, 15) is 0 Å². The first-order valence-electron chi connectivity index (χ1n) is 3.41. The third-order valence-electron chi connectivity index (χ3n) is 1.51. The van der Waals surface area contributed by atoms with Gasteiger partial charge in [-0.1, -0.05) is 5.92 Å². The summed E-state index contributed by atoms with van der Waals surface area (Å²) in [5.41, 5.74) is 0.771. The predicted octanol–water partition coefficient (Wildman–Crippen LogP) is 1.71. The van der Waals surface area contributed by atoms with Crippen LogP contribution in [0.2, 0.25) is 0 Å². The number of benzene rings is 1. The molecule has 1 aromatic rings. The van der Waals surface area contributed by atoms with Gasteiger partial charge in [-0.3, -0.25) is 0 Å². The van der Waals surface area contributed by atoms with Crippen LogP contribution in [0.25, 0.3) is 0 Å². The SMILES string of the molecule is C#Cc1ccc2c(c1)OC=[C]O2. The van der Waals surface area contributed by atoms with Gasteiger partial charge in [0.15, 0.2) is 11.5 Å². The summed E-state index contributed by atoms with van der Waals surface area (Å²) in [7, 11) is 0. The Labute approximate surface area is 70.4 Å². The highest BCUT2D eigenvalue weighted by Crippen LogP contribution is 2.30. The van der Waals surface area contributed by atoms with Crippen molar-refractivity contribution in [1.29, 1.82) is 0 Å². The van der Waals surface area contributed by atoms with Gasteiger partial charge in [0.25, 0.3) is 0 Å². The molecule has 0 amide bonds. The van der Waals surface area contributed by atoms with E-state index in [0.29, 0.717) is 11.5 Å². The molecule has 0 spiro atoms. The van der Waals surface area contributed by atoms with Gasteiger partial charge in [0.05, 0.1) is 0 Å². The van der Waals surface area contributed by atoms with E-state index in [2.05, 4.69) is 12.2 Å². The van der Waals surface area contributed by atoms with Crippen molar-refractivity contribution in [3.63, 3.8) is 0 Å². The summed E-state index contributed by atoms with van der Waals surface area (Å²) >= 11 is 0. The Bertz CT molecular complexity index is 372. The summed E-state index contributed by atoms with van der Waals surface area (Å²) < 4.78 is 10.1. The van der Waals surface area contributed by atoms with Crippen molar-refractivity contribution >= 4 is 0 Å². The first-order chi connectivity index (χ1) is 5.90. The largest absolute Gasteiger partial charge is 0.457 e. The van der Waals surface area contributed by atoms with Gasteiger partial charge in [-0.2, -0.15) is 0 Å². The summed E-state index contributed by atoms with van der Waals surface area (Å²) in [5.74, 6) is 3.77. The van der Waals surface area contributed by atoms with E-state index in [1.165, 1.54) is 6.26 Å². The standard InChI is InChI=1S/C10H5O2/c1-2-8-3-4-9-10(7-8)12-6-5-11-9/h1,3-4,6-7H. The highest BCUT2D eigenvalue weighted by atomic mass is 16.5. The van der Waals surface area contributed by atoms with Crippen LogP contribution >= 0.6 is 0 Å². The summed E-state index contributed by atoms with van der Waals surface area (Å²) in [6.45, 7) is 0. The molecule has 0 bridgehead atoms. The average molecular weight is 157 g/mol. The van der Waals surface area contributed by atoms with Crippen LogP contribution in [0.4, 0.5) is 0 Å². The van der Waals surface area contributed by atoms with E-state index < -0.39 is 0 Å². The van der Waals surface area contributed by atoms with Crippen molar-refractivity contribution in [2.75, 3.05) is 0 Å². The maximum Gasteiger partial charge on any atom is 0.208 e. The van der Waals surface area contributed by atoms with E-state index in [0.717, 1.165) is 5.56 Å². The van der Waals surface area contributed by atoms with Gasteiger partial charge in [0, 0.05) is 11.6 Å². The third kappa shape index (κ3) is 1.02. The summed E-state index contributed by atoms with van der Waals surface area (Å²) in [6, 6.07) is 5.28. The van der Waals surface area contributed by atoms with E-state index in [4.69, 9.17) is 15.9 Å². The lowest BCUT2D eigenvalue weighted by molar-refractivity contribution is 0.343. The van der Waals surface area contributed by atoms with Gasteiger partial charge in [-0.05, 0) is 12.1 Å². The van der Waals surface area contributed by atoms with Crippen molar-refractivity contribution in [3.8, 4) is 23.8 Å². The topological polar surface area (TPSA) is 18.5 Å². The highest BCUT2D eigenvalue weighted by molar-refractivity contribution is 5.48. The predicted molar refractivity (Wildman–Crippen MR) is 43.4 cm³/mol. The number of hydrogen-bond acceptors (Lipinski definition) is 2. The van der Waals surface area contributed by atoms with E-state index in [1.807, 2.05) is 0 Å². The minimum atomic E-state index is 0.629. The van der Waals surface area contributed by atoms with E-state index in [1.54, 1.807) is 18.2 Å². The molecule has 12 heavy (non-hydrogen) atoms. The molecule has 1 aliphatic rings. The van der Waals surface area contributed by atoms with Crippen molar-refractivity contribution < 1.29 is 9.47 Å². The first-order valence-corrected chi connectivity index (χ1v) is 3.41. The van der Waals surface area contributed by atoms with Crippen LogP contribution in [0.5, 0.6) is 11.5 Å². The third-order valence-corrected chi connectivity index (χ3v) is 1.51. The van der Waals surface area contributed by atoms with Crippen LogP contribution < -0.4 is 9.47 Å². The maximum atomic E-state index is 5.21. The van der Waals surface area contributed by atoms with Crippen LogP contribution in [-0.2, 0) is 0 Å². The Morgan fingerprint density at radius 3 is 3.08 bits per heavy atom. The molecule has 0 unspecified atom stereocenters. The molecule has 2 rings (SSSR count). The van der Waals surface area contributed by atoms with Gasteiger partial charge in [0.2, 0.25) is 6.26 Å². The zero-order valence-corrected chi connectivity index (χ0v) is 6.20. The van der Waals surface area contributed by atoms with Gasteiger partial charge in [-0.15, -0.1) is 6.42 Å². The second kappa shape index (κ2) is 2.63. The fourth-order valence-corrected chi connectivity index (χ4v) is 0.949. The van der Waals surface area contributed by atoms with Crippen LogP contribution in [-0.4, -0.2) is 0 Å². The van der Waals surface area contributed by atoms with Gasteiger partial charge < -0.3 is 9.47 Å². The Balaban J connectivity index is 2.48. The molecule has 0 aromatic heterocycles. The average Bonchev–Trinajstić information content (AvgIpc) is 2.17. The van der Waals surface area contributed by atoms with Crippen LogP contribution in [0.1, 0.15) is 5.56 Å². The zero-order valence-electron chi connectivity index (χ0n) is 6.20. The lowest BCUT2D eigenvalue weighted by Crippen LogP contribution is -1.96. The molecule has 1 aromatic carbocycles. The number of ether oxygens (including phenoxy) is 2. The lowest BCUT2D eigenvalue weighted by Gasteiger charge is -2.10. The molecule has 1 aliphatic heterocycles. The lowest BCUT2D eigenvalue weighted by atomic mass is 10.2. The van der Waals surface area contributed by atoms with E-state index >= 15 is 0 Å². The summed E-state index contributed by atoms with van der Waals surface area (Å²) in [5, 5.41) is 0. The molecule has 0 aliphatic carbocycles. The van der Waals surface area contributed by atoms with Gasteiger partial charge in [-0.25, -0.2) is 0 Å². The molecule has 2 heteroatoms. The minimum Gasteiger partial charge on any atom is -0.457 e. The molecule has 0 saturated carbocycles. The quantitative estimate of drug-likeness (QED) is 0.534. The summed E-state index contributed by atoms with van der Waals surface area (Å²) in [4.78, 5) is 0. The molecule has 0 N–H and O–H groups in total. The van der Waals surface area contributed by atoms with Crippen molar-refractivity contribution in [1.82, 2.24) is 0 Å². The second-order valence-electron chi connectivity index (χ2n) is 2.26. The minimum absolute atomic E-state index is 0.629. The smallest absolute Gasteiger partial charge is 0.208 e. The number of terminal acetylenes is 1. The van der Waals surface area contributed by atoms with Crippen LogP contribution in [0.3, 0.4) is 0 Å². The van der Waals surface area contributed by atoms with Crippen molar-refractivity contribution in [2.45, 2.75) is 0 Å². The summed E-state index contributed by atoms with van der Waals surface area (Å²) in [6.07, 6.45) is 9.04. The first kappa shape index (κ1) is 6.81. The Hall–Kier alpha value is -1.88. The Kier molecular flexibility index (Phi) is 1.49. The molecular formula is C10H5O2. The van der Waals surface area contributed by atoms with Crippen LogP contribution in [0.15, 0.2) is 24.5 Å². The molecule has 1 heterocycles. The fourth-order valence-electron chi connectivity index (χ4n) is 0.949. The number of hydrogen-bond donors (Lipinski definition) is 0. The van der Waals surface area contributed by atoms with E-state index in [-0.39, 0.29) is 0 Å². The highest BCUT2D eigenvalue weighted by Gasteiger charge is 2.07. The monoisotopic (exact) mass is 157 g/mol. The molecule has 57 valence electrons. The van der Waals surface area contributed by atoms with Crippen molar-refractivity contribution in [2.24, 2.45) is 0 Å². The second-order valence-corrected chi connectivity index (χ2v) is 2.26. The zero-order chi connectivity index (χ0) is 8.39. The number of rotatable bonds is 0. The van der Waals surface area contributed by atoms with Crippen molar-refractivity contribution in [3.05, 3.63) is 36.3 Å². The van der Waals surface area contributed by atoms with Gasteiger partial charge in [0.1, 0.15) is 6.26 Å². The molecule has 0 fully saturated rings. The molecular weight excluding hydrogens is 152 g/mol. The Morgan fingerprint density at radius 1 is 1.33 bits per heavy atom. The van der Waals surface area contributed by atoms with Crippen LogP contribution in [0, 0.1) is 18.6 Å². The fraction of sp³-hybridized carbons (Fsp3) is 0.